The highest BCUT2D eigenvalue weighted by atomic mass is 16.2. The van der Waals surface area contributed by atoms with E-state index in [0.29, 0.717) is 12.8 Å². The molecule has 0 radical (unpaired) electrons. The Bertz CT molecular complexity index is 460. The number of benzene rings is 1. The van der Waals surface area contributed by atoms with Crippen molar-refractivity contribution in [3.05, 3.63) is 35.9 Å². The Hall–Kier alpha value is -1.88. The van der Waals surface area contributed by atoms with Gasteiger partial charge in [-0.3, -0.25) is 9.59 Å². The van der Waals surface area contributed by atoms with Gasteiger partial charge in [-0.25, -0.2) is 0 Å². The molecule has 0 saturated heterocycles. The highest BCUT2D eigenvalue weighted by Crippen LogP contribution is 2.07. The molecule has 5 nitrogen and oxygen atoms in total. The Morgan fingerprint density at radius 3 is 2.33 bits per heavy atom. The number of carbonyl (C=O) groups is 2. The lowest BCUT2D eigenvalue weighted by atomic mass is 10.0. The van der Waals surface area contributed by atoms with Gasteiger partial charge in [0.1, 0.15) is 6.04 Å². The van der Waals surface area contributed by atoms with Crippen molar-refractivity contribution in [2.24, 2.45) is 17.4 Å². The normalized spacial score (nSPS) is 13.7. The molecular formula is C16H25N3O2. The van der Waals surface area contributed by atoms with Gasteiger partial charge >= 0.3 is 0 Å². The van der Waals surface area contributed by atoms with Crippen molar-refractivity contribution >= 4 is 11.8 Å². The minimum Gasteiger partial charge on any atom is -0.368 e. The SMILES string of the molecule is CC(C)CC(NC(=O)[C@@H](N)CCc1ccccc1)C(N)=O. The first kappa shape index (κ1) is 17.2. The standard InChI is InChI=1S/C16H25N3O2/c1-11(2)10-14(15(18)20)19-16(21)13(17)9-8-12-6-4-3-5-7-12/h3-7,11,13-14H,8-10,17H2,1-2H3,(H2,18,20)(H,19,21)/t13-,14?/m0/s1. The molecule has 0 bridgehead atoms. The van der Waals surface area contributed by atoms with Gasteiger partial charge in [0.05, 0.1) is 6.04 Å². The smallest absolute Gasteiger partial charge is 0.240 e. The highest BCUT2D eigenvalue weighted by molar-refractivity contribution is 5.88. The third-order valence-corrected chi connectivity index (χ3v) is 3.29. The second-order valence-electron chi connectivity index (χ2n) is 5.72. The third kappa shape index (κ3) is 6.40. The van der Waals surface area contributed by atoms with Gasteiger partial charge in [0.2, 0.25) is 11.8 Å². The van der Waals surface area contributed by atoms with E-state index in [1.54, 1.807) is 0 Å². The van der Waals surface area contributed by atoms with Crippen LogP contribution in [0.1, 0.15) is 32.3 Å². The van der Waals surface area contributed by atoms with Crippen molar-refractivity contribution in [3.8, 4) is 0 Å². The molecule has 0 aliphatic carbocycles. The first-order valence-electron chi connectivity index (χ1n) is 7.29. The van der Waals surface area contributed by atoms with Crippen LogP contribution in [0.2, 0.25) is 0 Å². The summed E-state index contributed by atoms with van der Waals surface area (Å²) in [5, 5.41) is 2.65. The number of nitrogens with one attached hydrogen (secondary N) is 1. The Kier molecular flexibility index (Phi) is 6.88. The zero-order valence-electron chi connectivity index (χ0n) is 12.7. The number of carbonyl (C=O) groups excluding carboxylic acids is 2. The number of amides is 2. The van der Waals surface area contributed by atoms with Crippen molar-refractivity contribution in [1.29, 1.82) is 0 Å². The topological polar surface area (TPSA) is 98.2 Å². The molecule has 0 spiro atoms. The van der Waals surface area contributed by atoms with Gasteiger partial charge in [0.15, 0.2) is 0 Å². The second kappa shape index (κ2) is 8.42. The first-order valence-corrected chi connectivity index (χ1v) is 7.29. The molecular weight excluding hydrogens is 266 g/mol. The molecule has 0 aliphatic rings. The molecule has 1 unspecified atom stereocenters. The predicted molar refractivity (Wildman–Crippen MR) is 83.3 cm³/mol. The van der Waals surface area contributed by atoms with Gasteiger partial charge in [0, 0.05) is 0 Å². The van der Waals surface area contributed by atoms with Crippen LogP contribution in [0.15, 0.2) is 30.3 Å². The minimum absolute atomic E-state index is 0.267. The lowest BCUT2D eigenvalue weighted by Crippen LogP contribution is -2.50. The van der Waals surface area contributed by atoms with Crippen LogP contribution >= 0.6 is 0 Å². The summed E-state index contributed by atoms with van der Waals surface area (Å²) in [7, 11) is 0. The van der Waals surface area contributed by atoms with E-state index in [9.17, 15) is 9.59 Å². The van der Waals surface area contributed by atoms with Gasteiger partial charge in [0.25, 0.3) is 0 Å². The van der Waals surface area contributed by atoms with Crippen molar-refractivity contribution in [2.45, 2.75) is 45.2 Å². The fourth-order valence-corrected chi connectivity index (χ4v) is 2.09. The van der Waals surface area contributed by atoms with Crippen LogP contribution in [-0.2, 0) is 16.0 Å². The Labute approximate surface area is 126 Å². The van der Waals surface area contributed by atoms with E-state index in [2.05, 4.69) is 5.32 Å². The van der Waals surface area contributed by atoms with Gasteiger partial charge in [-0.15, -0.1) is 0 Å². The lowest BCUT2D eigenvalue weighted by Gasteiger charge is -2.20. The Morgan fingerprint density at radius 1 is 1.19 bits per heavy atom. The molecule has 0 fully saturated rings. The molecule has 1 rings (SSSR count). The van der Waals surface area contributed by atoms with Crippen LogP contribution in [0.4, 0.5) is 0 Å². The van der Waals surface area contributed by atoms with Crippen LogP contribution in [0.25, 0.3) is 0 Å². The number of nitrogens with two attached hydrogens (primary N) is 2. The molecule has 21 heavy (non-hydrogen) atoms. The zero-order valence-corrected chi connectivity index (χ0v) is 12.7. The molecule has 1 aromatic carbocycles. The summed E-state index contributed by atoms with van der Waals surface area (Å²) in [4.78, 5) is 23.4. The summed E-state index contributed by atoms with van der Waals surface area (Å²) in [6.45, 7) is 3.94. The van der Waals surface area contributed by atoms with E-state index in [4.69, 9.17) is 11.5 Å². The molecule has 2 amide bonds. The second-order valence-corrected chi connectivity index (χ2v) is 5.72. The quantitative estimate of drug-likeness (QED) is 0.665. The number of rotatable bonds is 8. The lowest BCUT2D eigenvalue weighted by molar-refractivity contribution is -0.128. The summed E-state index contributed by atoms with van der Waals surface area (Å²) in [6.07, 6.45) is 1.77. The van der Waals surface area contributed by atoms with Crippen molar-refractivity contribution in [2.75, 3.05) is 0 Å². The Balaban J connectivity index is 2.47. The van der Waals surface area contributed by atoms with Crippen LogP contribution in [0.5, 0.6) is 0 Å². The number of aryl methyl sites for hydroxylation is 1. The van der Waals surface area contributed by atoms with E-state index in [-0.39, 0.29) is 11.8 Å². The summed E-state index contributed by atoms with van der Waals surface area (Å²) < 4.78 is 0. The minimum atomic E-state index is -0.653. The van der Waals surface area contributed by atoms with Crippen LogP contribution < -0.4 is 16.8 Å². The van der Waals surface area contributed by atoms with E-state index < -0.39 is 18.0 Å². The predicted octanol–water partition coefficient (Wildman–Crippen LogP) is 0.963. The van der Waals surface area contributed by atoms with Crippen molar-refractivity contribution < 1.29 is 9.59 Å². The molecule has 0 aromatic heterocycles. The van der Waals surface area contributed by atoms with Crippen molar-refractivity contribution in [1.82, 2.24) is 5.32 Å². The largest absolute Gasteiger partial charge is 0.368 e. The maximum absolute atomic E-state index is 12.0. The van der Waals surface area contributed by atoms with E-state index in [0.717, 1.165) is 12.0 Å². The molecule has 0 saturated carbocycles. The van der Waals surface area contributed by atoms with Crippen LogP contribution in [0, 0.1) is 5.92 Å². The summed E-state index contributed by atoms with van der Waals surface area (Å²) in [6, 6.07) is 8.55. The van der Waals surface area contributed by atoms with Crippen LogP contribution in [-0.4, -0.2) is 23.9 Å². The molecule has 5 heteroatoms. The average Bonchev–Trinajstić information content (AvgIpc) is 2.44. The number of hydrogen-bond donors (Lipinski definition) is 3. The number of hydrogen-bond acceptors (Lipinski definition) is 3. The monoisotopic (exact) mass is 291 g/mol. The highest BCUT2D eigenvalue weighted by Gasteiger charge is 2.22. The van der Waals surface area contributed by atoms with Gasteiger partial charge in [-0.1, -0.05) is 44.2 Å². The van der Waals surface area contributed by atoms with Gasteiger partial charge in [-0.2, -0.15) is 0 Å². The Morgan fingerprint density at radius 2 is 1.81 bits per heavy atom. The zero-order chi connectivity index (χ0) is 15.8. The molecule has 2 atom stereocenters. The van der Waals surface area contributed by atoms with E-state index >= 15 is 0 Å². The fourth-order valence-electron chi connectivity index (χ4n) is 2.09. The van der Waals surface area contributed by atoms with E-state index in [1.807, 2.05) is 44.2 Å². The summed E-state index contributed by atoms with van der Waals surface area (Å²) >= 11 is 0. The average molecular weight is 291 g/mol. The third-order valence-electron chi connectivity index (χ3n) is 3.29. The molecule has 0 aliphatic heterocycles. The van der Waals surface area contributed by atoms with Gasteiger partial charge in [-0.05, 0) is 30.7 Å². The molecule has 5 N–H and O–H groups in total. The summed E-state index contributed by atoms with van der Waals surface area (Å²) in [5.41, 5.74) is 12.3. The van der Waals surface area contributed by atoms with E-state index in [1.165, 1.54) is 0 Å². The maximum atomic E-state index is 12.0. The number of primary amides is 1. The van der Waals surface area contributed by atoms with Gasteiger partial charge < -0.3 is 16.8 Å². The first-order chi connectivity index (χ1) is 9.90. The fraction of sp³-hybridized carbons (Fsp3) is 0.500. The van der Waals surface area contributed by atoms with Crippen molar-refractivity contribution in [3.63, 3.8) is 0 Å². The van der Waals surface area contributed by atoms with Crippen LogP contribution in [0.3, 0.4) is 0 Å². The molecule has 1 aromatic rings. The summed E-state index contributed by atoms with van der Waals surface area (Å²) in [5.74, 6) is -0.578. The maximum Gasteiger partial charge on any atom is 0.240 e. The molecule has 116 valence electrons. The molecule has 0 heterocycles.